The summed E-state index contributed by atoms with van der Waals surface area (Å²) in [6.45, 7) is 0.698. The zero-order chi connectivity index (χ0) is 20.1. The van der Waals surface area contributed by atoms with Gasteiger partial charge in [0.1, 0.15) is 5.75 Å². The Labute approximate surface area is 169 Å². The van der Waals surface area contributed by atoms with Gasteiger partial charge in [0.25, 0.3) is 5.56 Å². The van der Waals surface area contributed by atoms with Crippen molar-refractivity contribution in [3.8, 4) is 5.75 Å². The number of aromatic hydroxyl groups is 1. The van der Waals surface area contributed by atoms with Gasteiger partial charge in [-0.25, -0.2) is 4.98 Å². The van der Waals surface area contributed by atoms with E-state index in [4.69, 9.17) is 0 Å². The SMILES string of the molecule is O=c1cc(Cc2ccc3ccccc3c2)nc(NCCCc2ccc(O)cc2)[nH]1. The maximum absolute atomic E-state index is 12.0. The van der Waals surface area contributed by atoms with Crippen molar-refractivity contribution in [1.29, 1.82) is 0 Å². The molecular formula is C24H23N3O2. The molecule has 146 valence electrons. The van der Waals surface area contributed by atoms with Crippen LogP contribution in [0.1, 0.15) is 23.2 Å². The largest absolute Gasteiger partial charge is 0.508 e. The first-order chi connectivity index (χ1) is 14.2. The Hall–Kier alpha value is -3.60. The minimum atomic E-state index is -0.156. The first-order valence-corrected chi connectivity index (χ1v) is 9.75. The summed E-state index contributed by atoms with van der Waals surface area (Å²) in [4.78, 5) is 19.4. The minimum absolute atomic E-state index is 0.156. The molecule has 0 aliphatic heterocycles. The third-order valence-electron chi connectivity index (χ3n) is 4.86. The highest BCUT2D eigenvalue weighted by atomic mass is 16.3. The Morgan fingerprint density at radius 2 is 1.66 bits per heavy atom. The van der Waals surface area contributed by atoms with E-state index >= 15 is 0 Å². The number of phenolic OH excluding ortho intramolecular Hbond substituents is 1. The Morgan fingerprint density at radius 1 is 0.897 bits per heavy atom. The summed E-state index contributed by atoms with van der Waals surface area (Å²) < 4.78 is 0. The molecule has 0 atom stereocenters. The van der Waals surface area contributed by atoms with Gasteiger partial charge in [-0.3, -0.25) is 9.78 Å². The number of nitrogens with one attached hydrogen (secondary N) is 2. The number of fused-ring (bicyclic) bond motifs is 1. The number of benzene rings is 3. The zero-order valence-corrected chi connectivity index (χ0v) is 16.1. The number of phenols is 1. The third kappa shape index (κ3) is 5.02. The number of hydrogen-bond donors (Lipinski definition) is 3. The fraction of sp³-hybridized carbons (Fsp3) is 0.167. The summed E-state index contributed by atoms with van der Waals surface area (Å²) in [6, 6.07) is 23.3. The fourth-order valence-electron chi connectivity index (χ4n) is 3.40. The Bertz CT molecular complexity index is 1170. The normalized spacial score (nSPS) is 10.9. The number of aromatic amines is 1. The lowest BCUT2D eigenvalue weighted by Crippen LogP contribution is -2.15. The van der Waals surface area contributed by atoms with Gasteiger partial charge in [-0.1, -0.05) is 54.6 Å². The number of nitrogens with zero attached hydrogens (tertiary/aromatic N) is 1. The van der Waals surface area contributed by atoms with Gasteiger partial charge in [0.15, 0.2) is 0 Å². The maximum Gasteiger partial charge on any atom is 0.252 e. The van der Waals surface area contributed by atoms with Gasteiger partial charge in [0.05, 0.1) is 5.69 Å². The second-order valence-corrected chi connectivity index (χ2v) is 7.14. The van der Waals surface area contributed by atoms with E-state index in [2.05, 4.69) is 45.6 Å². The van der Waals surface area contributed by atoms with Crippen LogP contribution in [0.2, 0.25) is 0 Å². The van der Waals surface area contributed by atoms with Crippen LogP contribution in [0.25, 0.3) is 10.8 Å². The number of aryl methyl sites for hydroxylation is 1. The van der Waals surface area contributed by atoms with E-state index in [0.29, 0.717) is 18.9 Å². The van der Waals surface area contributed by atoms with Gasteiger partial charge in [0, 0.05) is 19.0 Å². The van der Waals surface area contributed by atoms with E-state index in [-0.39, 0.29) is 11.3 Å². The van der Waals surface area contributed by atoms with Crippen LogP contribution in [0.15, 0.2) is 77.6 Å². The molecule has 5 nitrogen and oxygen atoms in total. The van der Waals surface area contributed by atoms with Crippen LogP contribution in [0, 0.1) is 0 Å². The minimum Gasteiger partial charge on any atom is -0.508 e. The molecule has 0 unspecified atom stereocenters. The van der Waals surface area contributed by atoms with Crippen molar-refractivity contribution in [2.75, 3.05) is 11.9 Å². The first-order valence-electron chi connectivity index (χ1n) is 9.75. The van der Waals surface area contributed by atoms with Gasteiger partial charge >= 0.3 is 0 Å². The second kappa shape index (κ2) is 8.61. The van der Waals surface area contributed by atoms with Crippen LogP contribution in [-0.4, -0.2) is 21.6 Å². The van der Waals surface area contributed by atoms with Gasteiger partial charge in [0.2, 0.25) is 5.95 Å². The first kappa shape index (κ1) is 18.7. The maximum atomic E-state index is 12.0. The molecule has 0 aliphatic rings. The molecule has 0 fully saturated rings. The van der Waals surface area contributed by atoms with Crippen molar-refractivity contribution >= 4 is 16.7 Å². The molecular weight excluding hydrogens is 362 g/mol. The Morgan fingerprint density at radius 3 is 2.48 bits per heavy atom. The van der Waals surface area contributed by atoms with Gasteiger partial charge in [-0.15, -0.1) is 0 Å². The predicted molar refractivity (Wildman–Crippen MR) is 117 cm³/mol. The molecule has 0 saturated heterocycles. The summed E-state index contributed by atoms with van der Waals surface area (Å²) >= 11 is 0. The molecule has 4 aromatic rings. The zero-order valence-electron chi connectivity index (χ0n) is 16.1. The fourth-order valence-corrected chi connectivity index (χ4v) is 3.40. The van der Waals surface area contributed by atoms with Gasteiger partial charge in [-0.05, 0) is 46.9 Å². The highest BCUT2D eigenvalue weighted by Crippen LogP contribution is 2.17. The molecule has 0 aliphatic carbocycles. The molecule has 0 bridgehead atoms. The molecule has 3 aromatic carbocycles. The smallest absolute Gasteiger partial charge is 0.252 e. The standard InChI is InChI=1S/C24H23N3O2/c28-22-11-8-17(9-12-22)4-3-13-25-24-26-21(16-23(29)27-24)15-18-7-10-19-5-1-2-6-20(19)14-18/h1-2,5-12,14,16,28H,3-4,13,15H2,(H2,25,26,27,29). The van der Waals surface area contributed by atoms with Gasteiger partial charge in [-0.2, -0.15) is 0 Å². The third-order valence-corrected chi connectivity index (χ3v) is 4.86. The van der Waals surface area contributed by atoms with Crippen molar-refractivity contribution in [2.45, 2.75) is 19.3 Å². The number of rotatable bonds is 7. The van der Waals surface area contributed by atoms with Crippen molar-refractivity contribution in [3.05, 3.63) is 100.0 Å². The average molecular weight is 385 g/mol. The number of anilines is 1. The molecule has 3 N–H and O–H groups in total. The van der Waals surface area contributed by atoms with Crippen molar-refractivity contribution in [3.63, 3.8) is 0 Å². The van der Waals surface area contributed by atoms with Crippen LogP contribution in [0.5, 0.6) is 5.75 Å². The summed E-state index contributed by atoms with van der Waals surface area (Å²) in [7, 11) is 0. The van der Waals surface area contributed by atoms with E-state index in [0.717, 1.165) is 29.7 Å². The molecule has 0 saturated carbocycles. The van der Waals surface area contributed by atoms with Gasteiger partial charge < -0.3 is 10.4 Å². The lowest BCUT2D eigenvalue weighted by Gasteiger charge is -2.08. The van der Waals surface area contributed by atoms with E-state index < -0.39 is 0 Å². The van der Waals surface area contributed by atoms with Crippen LogP contribution < -0.4 is 10.9 Å². The van der Waals surface area contributed by atoms with Crippen LogP contribution >= 0.6 is 0 Å². The molecule has 1 aromatic heterocycles. The molecule has 29 heavy (non-hydrogen) atoms. The van der Waals surface area contributed by atoms with Crippen molar-refractivity contribution < 1.29 is 5.11 Å². The molecule has 0 amide bonds. The van der Waals surface area contributed by atoms with E-state index in [9.17, 15) is 9.90 Å². The summed E-state index contributed by atoms with van der Waals surface area (Å²) in [5.41, 5.74) is 2.87. The Balaban J connectivity index is 1.38. The van der Waals surface area contributed by atoms with Crippen molar-refractivity contribution in [2.24, 2.45) is 0 Å². The lowest BCUT2D eigenvalue weighted by molar-refractivity contribution is 0.475. The van der Waals surface area contributed by atoms with E-state index in [1.165, 1.54) is 10.8 Å². The monoisotopic (exact) mass is 385 g/mol. The topological polar surface area (TPSA) is 78.0 Å². The molecule has 1 heterocycles. The van der Waals surface area contributed by atoms with Crippen LogP contribution in [-0.2, 0) is 12.8 Å². The second-order valence-electron chi connectivity index (χ2n) is 7.14. The average Bonchev–Trinajstić information content (AvgIpc) is 2.72. The summed E-state index contributed by atoms with van der Waals surface area (Å²) in [5.74, 6) is 0.774. The molecule has 0 spiro atoms. The summed E-state index contributed by atoms with van der Waals surface area (Å²) in [6.07, 6.45) is 2.38. The molecule has 4 rings (SSSR count). The number of hydrogen-bond acceptors (Lipinski definition) is 4. The number of H-pyrrole nitrogens is 1. The van der Waals surface area contributed by atoms with Crippen LogP contribution in [0.4, 0.5) is 5.95 Å². The Kier molecular flexibility index (Phi) is 5.56. The molecule has 0 radical (unpaired) electrons. The van der Waals surface area contributed by atoms with E-state index in [1.54, 1.807) is 18.2 Å². The number of aromatic nitrogens is 2. The quantitative estimate of drug-likeness (QED) is 0.415. The highest BCUT2D eigenvalue weighted by molar-refractivity contribution is 5.83. The summed E-state index contributed by atoms with van der Waals surface area (Å²) in [5, 5.41) is 14.9. The highest BCUT2D eigenvalue weighted by Gasteiger charge is 2.04. The molecule has 5 heteroatoms. The lowest BCUT2D eigenvalue weighted by atomic mass is 10.0. The van der Waals surface area contributed by atoms with E-state index in [1.807, 2.05) is 24.3 Å². The van der Waals surface area contributed by atoms with Crippen LogP contribution in [0.3, 0.4) is 0 Å². The van der Waals surface area contributed by atoms with Crippen molar-refractivity contribution in [1.82, 2.24) is 9.97 Å². The predicted octanol–water partition coefficient (Wildman–Crippen LogP) is 4.26.